The van der Waals surface area contributed by atoms with Crippen LogP contribution in [0.4, 0.5) is 0 Å². The predicted molar refractivity (Wildman–Crippen MR) is 53.0 cm³/mol. The standard InChI is InChI=1S/C6H9IN2OS/c1-4(2)3-10-6-9-8-5(7)11-6/h4H,3H2,1-2H3. The molecule has 0 bridgehead atoms. The fourth-order valence-electron chi connectivity index (χ4n) is 0.489. The Morgan fingerprint density at radius 3 is 2.73 bits per heavy atom. The molecule has 1 rings (SSSR count). The molecular formula is C6H9IN2OS. The van der Waals surface area contributed by atoms with Crippen molar-refractivity contribution < 1.29 is 4.74 Å². The minimum absolute atomic E-state index is 0.538. The van der Waals surface area contributed by atoms with E-state index in [4.69, 9.17) is 4.74 Å². The number of rotatable bonds is 3. The Balaban J connectivity index is 2.39. The van der Waals surface area contributed by atoms with E-state index in [0.29, 0.717) is 17.7 Å². The van der Waals surface area contributed by atoms with Crippen LogP contribution >= 0.6 is 33.9 Å². The average molecular weight is 284 g/mol. The first kappa shape index (κ1) is 9.18. The molecule has 11 heavy (non-hydrogen) atoms. The number of hydrogen-bond acceptors (Lipinski definition) is 4. The second-order valence-corrected chi connectivity index (χ2v) is 5.22. The summed E-state index contributed by atoms with van der Waals surface area (Å²) in [5.41, 5.74) is 0. The minimum atomic E-state index is 0.538. The second-order valence-electron chi connectivity index (χ2n) is 2.53. The maximum Gasteiger partial charge on any atom is 0.294 e. The molecule has 0 amide bonds. The first-order valence-corrected chi connectivity index (χ1v) is 5.20. The van der Waals surface area contributed by atoms with E-state index in [2.05, 4.69) is 46.6 Å². The molecule has 0 fully saturated rings. The lowest BCUT2D eigenvalue weighted by Gasteiger charge is -2.02. The van der Waals surface area contributed by atoms with Crippen LogP contribution in [0.3, 0.4) is 0 Å². The Bertz CT molecular complexity index is 226. The Kier molecular flexibility index (Phi) is 3.50. The van der Waals surface area contributed by atoms with Gasteiger partial charge in [0.1, 0.15) is 0 Å². The van der Waals surface area contributed by atoms with Gasteiger partial charge in [-0.2, -0.15) is 0 Å². The monoisotopic (exact) mass is 284 g/mol. The number of nitrogens with zero attached hydrogens (tertiary/aromatic N) is 2. The molecule has 3 nitrogen and oxygen atoms in total. The normalized spacial score (nSPS) is 10.5. The van der Waals surface area contributed by atoms with Crippen LogP contribution in [0.1, 0.15) is 13.8 Å². The van der Waals surface area contributed by atoms with Crippen molar-refractivity contribution in [3.8, 4) is 5.19 Å². The summed E-state index contributed by atoms with van der Waals surface area (Å²) in [7, 11) is 0. The zero-order valence-corrected chi connectivity index (χ0v) is 9.35. The van der Waals surface area contributed by atoms with Gasteiger partial charge in [-0.3, -0.25) is 0 Å². The van der Waals surface area contributed by atoms with Gasteiger partial charge in [-0.15, -0.1) is 5.10 Å². The van der Waals surface area contributed by atoms with Crippen molar-refractivity contribution in [3.63, 3.8) is 0 Å². The number of halogens is 1. The zero-order valence-electron chi connectivity index (χ0n) is 6.37. The lowest BCUT2D eigenvalue weighted by molar-refractivity contribution is 0.268. The zero-order chi connectivity index (χ0) is 8.27. The molecule has 0 saturated carbocycles. The van der Waals surface area contributed by atoms with Crippen molar-refractivity contribution in [2.24, 2.45) is 5.92 Å². The van der Waals surface area contributed by atoms with Crippen molar-refractivity contribution >= 4 is 33.9 Å². The Morgan fingerprint density at radius 1 is 1.55 bits per heavy atom. The lowest BCUT2D eigenvalue weighted by atomic mass is 10.2. The van der Waals surface area contributed by atoms with Gasteiger partial charge in [-0.25, -0.2) is 0 Å². The summed E-state index contributed by atoms with van der Waals surface area (Å²) in [6, 6.07) is 0. The molecule has 0 unspecified atom stereocenters. The predicted octanol–water partition coefficient (Wildman–Crippen LogP) is 2.18. The van der Waals surface area contributed by atoms with Gasteiger partial charge in [0.05, 0.1) is 6.61 Å². The highest BCUT2D eigenvalue weighted by Gasteiger charge is 2.02. The van der Waals surface area contributed by atoms with E-state index in [-0.39, 0.29) is 0 Å². The van der Waals surface area contributed by atoms with E-state index in [1.807, 2.05) is 0 Å². The fraction of sp³-hybridized carbons (Fsp3) is 0.667. The highest BCUT2D eigenvalue weighted by atomic mass is 127. The van der Waals surface area contributed by atoms with E-state index in [9.17, 15) is 0 Å². The SMILES string of the molecule is CC(C)COc1nnc(I)s1. The van der Waals surface area contributed by atoms with Crippen LogP contribution in [-0.2, 0) is 0 Å². The van der Waals surface area contributed by atoms with Crippen molar-refractivity contribution in [3.05, 3.63) is 3.01 Å². The van der Waals surface area contributed by atoms with Crippen LogP contribution in [0, 0.1) is 8.93 Å². The lowest BCUT2D eigenvalue weighted by Crippen LogP contribution is -2.03. The summed E-state index contributed by atoms with van der Waals surface area (Å²) in [5.74, 6) is 0.538. The molecule has 0 aliphatic heterocycles. The van der Waals surface area contributed by atoms with Gasteiger partial charge < -0.3 is 4.74 Å². The molecule has 0 spiro atoms. The van der Waals surface area contributed by atoms with E-state index in [1.54, 1.807) is 0 Å². The van der Waals surface area contributed by atoms with Crippen LogP contribution in [0.2, 0.25) is 0 Å². The quantitative estimate of drug-likeness (QED) is 0.798. The molecule has 0 radical (unpaired) electrons. The van der Waals surface area contributed by atoms with Gasteiger partial charge in [0.15, 0.2) is 3.01 Å². The number of aromatic nitrogens is 2. The maximum absolute atomic E-state index is 5.33. The van der Waals surface area contributed by atoms with Gasteiger partial charge >= 0.3 is 0 Å². The highest BCUT2D eigenvalue weighted by Crippen LogP contribution is 2.19. The van der Waals surface area contributed by atoms with Gasteiger partial charge in [0, 0.05) is 0 Å². The number of ether oxygens (including phenoxy) is 1. The minimum Gasteiger partial charge on any atom is -0.469 e. The third kappa shape index (κ3) is 3.33. The van der Waals surface area contributed by atoms with Crippen molar-refractivity contribution in [2.45, 2.75) is 13.8 Å². The molecule has 1 aromatic rings. The van der Waals surface area contributed by atoms with Gasteiger partial charge in [0.2, 0.25) is 0 Å². The molecule has 5 heteroatoms. The highest BCUT2D eigenvalue weighted by molar-refractivity contribution is 14.1. The first-order valence-electron chi connectivity index (χ1n) is 3.30. The average Bonchev–Trinajstić information content (AvgIpc) is 2.31. The molecule has 0 aliphatic carbocycles. The molecule has 0 N–H and O–H groups in total. The third-order valence-corrected chi connectivity index (χ3v) is 2.42. The fourth-order valence-corrected chi connectivity index (χ4v) is 1.60. The van der Waals surface area contributed by atoms with Crippen LogP contribution in [0.15, 0.2) is 0 Å². The van der Waals surface area contributed by atoms with Crippen LogP contribution in [0.25, 0.3) is 0 Å². The van der Waals surface area contributed by atoms with Crippen LogP contribution < -0.4 is 4.74 Å². The third-order valence-electron chi connectivity index (χ3n) is 0.922. The summed E-state index contributed by atoms with van der Waals surface area (Å²) in [6.45, 7) is 4.92. The maximum atomic E-state index is 5.33. The Hall–Kier alpha value is 0.0900. The first-order chi connectivity index (χ1) is 5.18. The summed E-state index contributed by atoms with van der Waals surface area (Å²) in [4.78, 5) is 0. The molecule has 0 aliphatic rings. The largest absolute Gasteiger partial charge is 0.469 e. The topological polar surface area (TPSA) is 35.0 Å². The van der Waals surface area contributed by atoms with Crippen LogP contribution in [-0.4, -0.2) is 16.8 Å². The van der Waals surface area contributed by atoms with Crippen molar-refractivity contribution in [2.75, 3.05) is 6.61 Å². The van der Waals surface area contributed by atoms with Crippen LogP contribution in [0.5, 0.6) is 5.19 Å². The summed E-state index contributed by atoms with van der Waals surface area (Å²) < 4.78 is 6.25. The van der Waals surface area contributed by atoms with Crippen molar-refractivity contribution in [1.29, 1.82) is 0 Å². The van der Waals surface area contributed by atoms with E-state index >= 15 is 0 Å². The summed E-state index contributed by atoms with van der Waals surface area (Å²) in [6.07, 6.45) is 0. The van der Waals surface area contributed by atoms with Gasteiger partial charge in [-0.05, 0) is 39.8 Å². The van der Waals surface area contributed by atoms with Gasteiger partial charge in [-0.1, -0.05) is 18.9 Å². The summed E-state index contributed by atoms with van der Waals surface area (Å²) >= 11 is 3.59. The van der Waals surface area contributed by atoms with E-state index in [1.165, 1.54) is 11.3 Å². The molecule has 62 valence electrons. The number of hydrogen-bond donors (Lipinski definition) is 0. The second kappa shape index (κ2) is 4.20. The smallest absolute Gasteiger partial charge is 0.294 e. The Morgan fingerprint density at radius 2 is 2.27 bits per heavy atom. The molecule has 1 aromatic heterocycles. The van der Waals surface area contributed by atoms with E-state index < -0.39 is 0 Å². The Labute approximate surface area is 83.3 Å². The molecule has 0 aromatic carbocycles. The molecule has 0 atom stereocenters. The molecule has 1 heterocycles. The summed E-state index contributed by atoms with van der Waals surface area (Å²) in [5, 5.41) is 8.32. The molecular weight excluding hydrogens is 275 g/mol. The van der Waals surface area contributed by atoms with Gasteiger partial charge in [0.25, 0.3) is 5.19 Å². The van der Waals surface area contributed by atoms with Crippen molar-refractivity contribution in [1.82, 2.24) is 10.2 Å². The molecule has 0 saturated heterocycles. The van der Waals surface area contributed by atoms with E-state index in [0.717, 1.165) is 3.01 Å².